The van der Waals surface area contributed by atoms with E-state index in [1.807, 2.05) is 23.6 Å². The van der Waals surface area contributed by atoms with Gasteiger partial charge in [-0.3, -0.25) is 0 Å². The molecule has 0 bridgehead atoms. The van der Waals surface area contributed by atoms with Crippen LogP contribution < -0.4 is 10.5 Å². The maximum absolute atomic E-state index is 13.4. The monoisotopic (exact) mass is 314 g/mol. The van der Waals surface area contributed by atoms with Crippen LogP contribution in [0.1, 0.15) is 5.56 Å². The average Bonchev–Trinajstić information content (AvgIpc) is 3.00. The van der Waals surface area contributed by atoms with Gasteiger partial charge < -0.3 is 10.5 Å². The number of halogens is 1. The highest BCUT2D eigenvalue weighted by atomic mass is 32.1. The lowest BCUT2D eigenvalue weighted by molar-refractivity contribution is 0.417. The summed E-state index contributed by atoms with van der Waals surface area (Å²) in [5.74, 6) is 0.441. The van der Waals surface area contributed by atoms with Crippen molar-refractivity contribution in [1.82, 2.24) is 4.98 Å². The van der Waals surface area contributed by atoms with E-state index in [2.05, 4.69) is 4.98 Å². The second-order valence-corrected chi connectivity index (χ2v) is 5.82. The molecule has 0 saturated heterocycles. The van der Waals surface area contributed by atoms with Gasteiger partial charge in [0.15, 0.2) is 0 Å². The van der Waals surface area contributed by atoms with E-state index >= 15 is 0 Å². The lowest BCUT2D eigenvalue weighted by Crippen LogP contribution is -1.92. The third-order valence-electron chi connectivity index (χ3n) is 3.43. The van der Waals surface area contributed by atoms with Crippen LogP contribution in [0.5, 0.6) is 5.75 Å². The van der Waals surface area contributed by atoms with Gasteiger partial charge in [0, 0.05) is 16.5 Å². The minimum Gasteiger partial charge on any atom is -0.495 e. The predicted molar refractivity (Wildman–Crippen MR) is 88.6 cm³/mol. The second kappa shape index (κ2) is 5.77. The van der Waals surface area contributed by atoms with Crippen LogP contribution in [0.3, 0.4) is 0 Å². The number of aryl methyl sites for hydroxylation is 1. The van der Waals surface area contributed by atoms with Gasteiger partial charge >= 0.3 is 0 Å². The van der Waals surface area contributed by atoms with Crippen molar-refractivity contribution in [2.45, 2.75) is 6.92 Å². The number of hydrogen-bond acceptors (Lipinski definition) is 4. The summed E-state index contributed by atoms with van der Waals surface area (Å²) in [6.07, 6.45) is 0. The normalized spacial score (nSPS) is 10.7. The molecule has 0 unspecified atom stereocenters. The van der Waals surface area contributed by atoms with Crippen LogP contribution in [-0.2, 0) is 0 Å². The van der Waals surface area contributed by atoms with E-state index < -0.39 is 0 Å². The first-order valence-electron chi connectivity index (χ1n) is 6.74. The van der Waals surface area contributed by atoms with Crippen molar-refractivity contribution in [3.8, 4) is 27.6 Å². The molecule has 0 aliphatic carbocycles. The van der Waals surface area contributed by atoms with Crippen molar-refractivity contribution in [1.29, 1.82) is 0 Å². The number of aromatic nitrogens is 1. The van der Waals surface area contributed by atoms with Crippen molar-refractivity contribution in [2.24, 2.45) is 0 Å². The summed E-state index contributed by atoms with van der Waals surface area (Å²) in [7, 11) is 1.59. The molecule has 0 spiro atoms. The predicted octanol–water partition coefficient (Wildman–Crippen LogP) is 4.52. The number of nitrogen functional groups attached to an aromatic ring is 1. The van der Waals surface area contributed by atoms with Crippen molar-refractivity contribution in [3.63, 3.8) is 0 Å². The van der Waals surface area contributed by atoms with E-state index in [4.69, 9.17) is 10.5 Å². The van der Waals surface area contributed by atoms with Crippen LogP contribution >= 0.6 is 11.3 Å². The van der Waals surface area contributed by atoms with Gasteiger partial charge in [-0.15, -0.1) is 11.3 Å². The fourth-order valence-electron chi connectivity index (χ4n) is 2.21. The van der Waals surface area contributed by atoms with Gasteiger partial charge in [0.2, 0.25) is 0 Å². The molecule has 0 atom stereocenters. The highest BCUT2D eigenvalue weighted by Gasteiger charge is 2.10. The molecule has 2 aromatic carbocycles. The molecular weight excluding hydrogens is 299 g/mol. The van der Waals surface area contributed by atoms with Crippen molar-refractivity contribution in [3.05, 3.63) is 53.2 Å². The Morgan fingerprint density at radius 3 is 2.59 bits per heavy atom. The standard InChI is InChI=1S/C17H15FN2OS/c1-10-7-11(3-5-13(10)18)15-9-22-17(20-15)12-4-6-16(21-2)14(19)8-12/h3-9H,19H2,1-2H3. The highest BCUT2D eigenvalue weighted by molar-refractivity contribution is 7.13. The summed E-state index contributed by atoms with van der Waals surface area (Å²) in [4.78, 5) is 4.62. The smallest absolute Gasteiger partial charge is 0.141 e. The van der Waals surface area contributed by atoms with Gasteiger partial charge in [-0.05, 0) is 48.9 Å². The highest BCUT2D eigenvalue weighted by Crippen LogP contribution is 2.33. The Morgan fingerprint density at radius 1 is 1.14 bits per heavy atom. The zero-order chi connectivity index (χ0) is 15.7. The molecule has 0 saturated carbocycles. The quantitative estimate of drug-likeness (QED) is 0.723. The maximum Gasteiger partial charge on any atom is 0.141 e. The van der Waals surface area contributed by atoms with Gasteiger partial charge in [0.1, 0.15) is 16.6 Å². The van der Waals surface area contributed by atoms with Gasteiger partial charge in [0.05, 0.1) is 18.5 Å². The first-order valence-corrected chi connectivity index (χ1v) is 7.62. The molecule has 0 radical (unpaired) electrons. The average molecular weight is 314 g/mol. The summed E-state index contributed by atoms with van der Waals surface area (Å²) < 4.78 is 18.5. The summed E-state index contributed by atoms with van der Waals surface area (Å²) in [6.45, 7) is 1.75. The van der Waals surface area contributed by atoms with E-state index in [9.17, 15) is 4.39 Å². The molecule has 2 N–H and O–H groups in total. The second-order valence-electron chi connectivity index (χ2n) is 4.96. The maximum atomic E-state index is 13.4. The first kappa shape index (κ1) is 14.5. The number of ether oxygens (including phenoxy) is 1. The van der Waals surface area contributed by atoms with Gasteiger partial charge in [-0.1, -0.05) is 0 Å². The summed E-state index contributed by atoms with van der Waals surface area (Å²) in [6, 6.07) is 10.6. The number of nitrogens with zero attached hydrogens (tertiary/aromatic N) is 1. The molecule has 112 valence electrons. The van der Waals surface area contributed by atoms with Crippen LogP contribution in [0.25, 0.3) is 21.8 Å². The Bertz CT molecular complexity index is 829. The third-order valence-corrected chi connectivity index (χ3v) is 4.33. The Labute approximate surface area is 132 Å². The number of hydrogen-bond donors (Lipinski definition) is 1. The molecule has 3 rings (SSSR count). The molecule has 0 aliphatic rings. The molecule has 1 aromatic heterocycles. The Morgan fingerprint density at radius 2 is 1.91 bits per heavy atom. The number of benzene rings is 2. The van der Waals surface area contributed by atoms with E-state index in [1.165, 1.54) is 17.4 Å². The molecule has 1 heterocycles. The van der Waals surface area contributed by atoms with E-state index in [0.717, 1.165) is 21.8 Å². The minimum absolute atomic E-state index is 0.206. The lowest BCUT2D eigenvalue weighted by atomic mass is 10.1. The summed E-state index contributed by atoms with van der Waals surface area (Å²) >= 11 is 1.53. The molecule has 0 aliphatic heterocycles. The van der Waals surface area contributed by atoms with Crippen LogP contribution in [0.2, 0.25) is 0 Å². The fraction of sp³-hybridized carbons (Fsp3) is 0.118. The largest absolute Gasteiger partial charge is 0.495 e. The number of nitrogens with two attached hydrogens (primary N) is 1. The molecular formula is C17H15FN2OS. The molecule has 3 aromatic rings. The van der Waals surface area contributed by atoms with Gasteiger partial charge in [-0.2, -0.15) is 0 Å². The zero-order valence-electron chi connectivity index (χ0n) is 12.3. The number of anilines is 1. The topological polar surface area (TPSA) is 48.1 Å². The number of rotatable bonds is 3. The molecule has 0 amide bonds. The van der Waals surface area contributed by atoms with Crippen LogP contribution in [0.15, 0.2) is 41.8 Å². The van der Waals surface area contributed by atoms with Crippen molar-refractivity contribution >= 4 is 17.0 Å². The van der Waals surface area contributed by atoms with E-state index in [-0.39, 0.29) is 5.82 Å². The Balaban J connectivity index is 1.96. The minimum atomic E-state index is -0.206. The SMILES string of the molecule is COc1ccc(-c2nc(-c3ccc(F)c(C)c3)cs2)cc1N. The van der Waals surface area contributed by atoms with Crippen LogP contribution in [0.4, 0.5) is 10.1 Å². The molecule has 22 heavy (non-hydrogen) atoms. The molecule has 5 heteroatoms. The van der Waals surface area contributed by atoms with Gasteiger partial charge in [-0.25, -0.2) is 9.37 Å². The number of thiazole rings is 1. The van der Waals surface area contributed by atoms with Crippen LogP contribution in [0, 0.1) is 12.7 Å². The number of methoxy groups -OCH3 is 1. The summed E-state index contributed by atoms with van der Waals surface area (Å²) in [5.41, 5.74) is 9.80. The van der Waals surface area contributed by atoms with E-state index in [0.29, 0.717) is 17.0 Å². The van der Waals surface area contributed by atoms with E-state index in [1.54, 1.807) is 26.2 Å². The molecule has 0 fully saturated rings. The third kappa shape index (κ3) is 2.67. The summed E-state index contributed by atoms with van der Waals surface area (Å²) in [5, 5.41) is 2.83. The van der Waals surface area contributed by atoms with Gasteiger partial charge in [0.25, 0.3) is 0 Å². The lowest BCUT2D eigenvalue weighted by Gasteiger charge is -2.05. The van der Waals surface area contributed by atoms with Crippen LogP contribution in [-0.4, -0.2) is 12.1 Å². The first-order chi connectivity index (χ1) is 10.6. The Kier molecular flexibility index (Phi) is 3.81. The fourth-order valence-corrected chi connectivity index (χ4v) is 3.04. The molecule has 3 nitrogen and oxygen atoms in total. The van der Waals surface area contributed by atoms with Crippen molar-refractivity contribution in [2.75, 3.05) is 12.8 Å². The van der Waals surface area contributed by atoms with Crippen molar-refractivity contribution < 1.29 is 9.13 Å². The Hall–Kier alpha value is -2.40. The zero-order valence-corrected chi connectivity index (χ0v) is 13.1.